The zero-order valence-electron chi connectivity index (χ0n) is 18.5. The van der Waals surface area contributed by atoms with Crippen molar-refractivity contribution in [3.63, 3.8) is 0 Å². The Labute approximate surface area is 201 Å². The number of hydrogen-bond acceptors (Lipinski definition) is 4. The molecule has 0 bridgehead atoms. The molecule has 2 atom stereocenters. The largest absolute Gasteiger partial charge is 0.349 e. The van der Waals surface area contributed by atoms with E-state index in [0.717, 1.165) is 12.1 Å². The third-order valence-electron chi connectivity index (χ3n) is 6.23. The molecule has 0 saturated carbocycles. The lowest BCUT2D eigenvalue weighted by molar-refractivity contribution is -0.147. The molecule has 2 N–H and O–H groups in total. The van der Waals surface area contributed by atoms with Gasteiger partial charge in [-0.05, 0) is 29.7 Å². The second kappa shape index (κ2) is 8.87. The number of fused-ring (bicyclic) bond motifs is 1. The summed E-state index contributed by atoms with van der Waals surface area (Å²) in [6.07, 6.45) is 0.373. The first-order valence-corrected chi connectivity index (χ1v) is 11.1. The maximum Gasteiger partial charge on any atom is 0.349 e. The molecule has 1 fully saturated rings. The Kier molecular flexibility index (Phi) is 6.24. The Morgan fingerprint density at radius 3 is 2.53 bits per heavy atom. The minimum Gasteiger partial charge on any atom is -0.346 e. The van der Waals surface area contributed by atoms with Crippen molar-refractivity contribution < 1.29 is 28.0 Å². The number of piperidine rings is 1. The van der Waals surface area contributed by atoms with Crippen molar-refractivity contribution in [2.75, 3.05) is 0 Å². The van der Waals surface area contributed by atoms with Crippen LogP contribution in [0, 0.1) is 0 Å². The average molecular weight is 485 g/mol. The molecule has 2 unspecified atom stereocenters. The second-order valence-electron chi connectivity index (χ2n) is 8.50. The van der Waals surface area contributed by atoms with Gasteiger partial charge in [-0.2, -0.15) is 8.78 Å². The number of carbonyl (C=O) groups is 4. The number of alkyl halides is 2. The van der Waals surface area contributed by atoms with Gasteiger partial charge in [-0.25, -0.2) is 0 Å². The monoisotopic (exact) mass is 485 g/mol. The molecule has 34 heavy (non-hydrogen) atoms. The standard InChI is InChI=1S/C22H20B2ClF2N3O4/c23-14-8-10(9-28-21(34)22(26,27)11-1-3-12(25)4-2-11)7-13-17(14)20(33)30(18(13)24)15-5-6-16(31)29-19(15)32/h1-4,7-8,15,18H,5-6,9,23-24H2,(H,28,34)(H,29,31,32). The van der Waals surface area contributed by atoms with Crippen LogP contribution in [0.4, 0.5) is 8.78 Å². The second-order valence-corrected chi connectivity index (χ2v) is 8.93. The number of nitrogens with one attached hydrogen (secondary N) is 2. The van der Waals surface area contributed by atoms with Gasteiger partial charge in [0.25, 0.3) is 11.8 Å². The molecule has 12 heteroatoms. The fourth-order valence-corrected chi connectivity index (χ4v) is 4.64. The van der Waals surface area contributed by atoms with E-state index in [1.54, 1.807) is 27.8 Å². The van der Waals surface area contributed by atoms with Crippen LogP contribution in [0.2, 0.25) is 5.02 Å². The van der Waals surface area contributed by atoms with Crippen molar-refractivity contribution in [3.05, 3.63) is 63.7 Å². The smallest absolute Gasteiger partial charge is 0.346 e. The summed E-state index contributed by atoms with van der Waals surface area (Å²) in [4.78, 5) is 50.7. The van der Waals surface area contributed by atoms with Gasteiger partial charge in [-0.15, -0.1) is 0 Å². The van der Waals surface area contributed by atoms with Gasteiger partial charge in [0.1, 0.15) is 21.7 Å². The first-order chi connectivity index (χ1) is 16.0. The number of imide groups is 1. The van der Waals surface area contributed by atoms with E-state index >= 15 is 0 Å². The van der Waals surface area contributed by atoms with Crippen molar-refractivity contribution in [2.24, 2.45) is 0 Å². The van der Waals surface area contributed by atoms with Gasteiger partial charge < -0.3 is 10.2 Å². The van der Waals surface area contributed by atoms with Gasteiger partial charge in [0.2, 0.25) is 11.8 Å². The van der Waals surface area contributed by atoms with Crippen LogP contribution in [0.15, 0.2) is 36.4 Å². The van der Waals surface area contributed by atoms with Crippen molar-refractivity contribution in [3.8, 4) is 0 Å². The van der Waals surface area contributed by atoms with Crippen LogP contribution in [-0.2, 0) is 26.9 Å². The number of rotatable bonds is 5. The van der Waals surface area contributed by atoms with Gasteiger partial charge in [0, 0.05) is 35.1 Å². The topological polar surface area (TPSA) is 95.6 Å². The molecule has 4 rings (SSSR count). The number of halogens is 3. The first kappa shape index (κ1) is 23.9. The third kappa shape index (κ3) is 4.20. The maximum atomic E-state index is 14.5. The molecule has 0 aromatic heterocycles. The van der Waals surface area contributed by atoms with E-state index in [-0.39, 0.29) is 36.2 Å². The highest BCUT2D eigenvalue weighted by Gasteiger charge is 2.44. The molecule has 2 aliphatic heterocycles. The molecule has 2 aromatic carbocycles. The van der Waals surface area contributed by atoms with Crippen LogP contribution in [-0.4, -0.2) is 50.3 Å². The quantitative estimate of drug-likeness (QED) is 0.457. The SMILES string of the molecule is Bc1cc(CNC(=O)C(F)(F)c2ccc(Cl)cc2)cc2c1C(=O)N(C1CCC(=O)NC1=O)C2B. The molecule has 1 saturated heterocycles. The highest BCUT2D eigenvalue weighted by atomic mass is 35.5. The summed E-state index contributed by atoms with van der Waals surface area (Å²) in [6, 6.07) is 7.32. The summed E-state index contributed by atoms with van der Waals surface area (Å²) in [7, 11) is 3.48. The van der Waals surface area contributed by atoms with Crippen LogP contribution >= 0.6 is 11.6 Å². The highest BCUT2D eigenvalue weighted by molar-refractivity contribution is 6.38. The Bertz CT molecular complexity index is 1210. The fraction of sp³-hybridized carbons (Fsp3) is 0.273. The number of amides is 4. The predicted molar refractivity (Wildman–Crippen MR) is 125 cm³/mol. The van der Waals surface area contributed by atoms with E-state index in [2.05, 4.69) is 10.6 Å². The molecule has 7 nitrogen and oxygen atoms in total. The maximum absolute atomic E-state index is 14.5. The first-order valence-electron chi connectivity index (χ1n) is 10.7. The van der Waals surface area contributed by atoms with Gasteiger partial charge in [0.15, 0.2) is 0 Å². The molecule has 0 radical (unpaired) electrons. The minimum absolute atomic E-state index is 0.140. The van der Waals surface area contributed by atoms with Crippen molar-refractivity contribution >= 4 is 56.4 Å². The summed E-state index contributed by atoms with van der Waals surface area (Å²) < 4.78 is 29.1. The molecule has 174 valence electrons. The number of carbonyl (C=O) groups excluding carboxylic acids is 4. The van der Waals surface area contributed by atoms with Gasteiger partial charge in [0.05, 0.1) is 0 Å². The molecule has 2 aromatic rings. The van der Waals surface area contributed by atoms with E-state index in [1.165, 1.54) is 17.0 Å². The minimum atomic E-state index is -3.75. The summed E-state index contributed by atoms with van der Waals surface area (Å²) in [5, 5.41) is 4.81. The highest BCUT2D eigenvalue weighted by Crippen LogP contribution is 2.35. The lowest BCUT2D eigenvalue weighted by Crippen LogP contribution is -2.53. The van der Waals surface area contributed by atoms with Crippen molar-refractivity contribution in [1.82, 2.24) is 15.5 Å². The van der Waals surface area contributed by atoms with Crippen LogP contribution < -0.4 is 16.1 Å². The zero-order chi connectivity index (χ0) is 24.8. The van der Waals surface area contributed by atoms with E-state index in [9.17, 15) is 28.0 Å². The molecule has 2 heterocycles. The third-order valence-corrected chi connectivity index (χ3v) is 6.48. The van der Waals surface area contributed by atoms with Crippen LogP contribution in [0.1, 0.15) is 45.8 Å². The molecule has 0 aliphatic carbocycles. The van der Waals surface area contributed by atoms with E-state index in [0.29, 0.717) is 22.2 Å². The van der Waals surface area contributed by atoms with Crippen molar-refractivity contribution in [2.45, 2.75) is 37.3 Å². The molecule has 0 spiro atoms. The summed E-state index contributed by atoms with van der Waals surface area (Å²) in [5.41, 5.74) is 1.76. The van der Waals surface area contributed by atoms with Gasteiger partial charge in [-0.1, -0.05) is 41.3 Å². The van der Waals surface area contributed by atoms with Gasteiger partial charge in [-0.3, -0.25) is 24.5 Å². The number of hydrogen-bond donors (Lipinski definition) is 2. The predicted octanol–water partition coefficient (Wildman–Crippen LogP) is -0.101. The molecular weight excluding hydrogens is 465 g/mol. The van der Waals surface area contributed by atoms with E-state index in [1.807, 2.05) is 0 Å². The normalized spacial score (nSPS) is 20.2. The van der Waals surface area contributed by atoms with Crippen LogP contribution in [0.5, 0.6) is 0 Å². The number of nitrogens with zero attached hydrogens (tertiary/aromatic N) is 1. The summed E-state index contributed by atoms with van der Waals surface area (Å²) >= 11 is 5.73. The zero-order valence-corrected chi connectivity index (χ0v) is 19.2. The van der Waals surface area contributed by atoms with Crippen molar-refractivity contribution in [1.29, 1.82) is 0 Å². The number of benzene rings is 2. The summed E-state index contributed by atoms with van der Waals surface area (Å²) in [6.45, 7) is -0.171. The Morgan fingerprint density at radius 1 is 1.21 bits per heavy atom. The lowest BCUT2D eigenvalue weighted by Gasteiger charge is -2.33. The van der Waals surface area contributed by atoms with E-state index in [4.69, 9.17) is 11.6 Å². The summed E-state index contributed by atoms with van der Waals surface area (Å²) in [5.74, 6) is -6.87. The van der Waals surface area contributed by atoms with Crippen LogP contribution in [0.25, 0.3) is 0 Å². The molecule has 4 amide bonds. The Hall–Kier alpha value is -3.20. The Balaban J connectivity index is 1.52. The Morgan fingerprint density at radius 2 is 1.88 bits per heavy atom. The molecule has 2 aliphatic rings. The lowest BCUT2D eigenvalue weighted by atomic mass is 9.81. The van der Waals surface area contributed by atoms with E-state index < -0.39 is 35.3 Å². The van der Waals surface area contributed by atoms with Crippen LogP contribution in [0.3, 0.4) is 0 Å². The van der Waals surface area contributed by atoms with Gasteiger partial charge >= 0.3 is 5.92 Å². The molecular formula is C22H20B2ClF2N3O4. The fourth-order valence-electron chi connectivity index (χ4n) is 4.51. The average Bonchev–Trinajstić information content (AvgIpc) is 3.03.